The Bertz CT molecular complexity index is 824. The van der Waals surface area contributed by atoms with Crippen LogP contribution in [0.2, 0.25) is 5.02 Å². The van der Waals surface area contributed by atoms with Crippen LogP contribution in [0.15, 0.2) is 48.5 Å². The molecule has 1 aliphatic rings. The van der Waals surface area contributed by atoms with Crippen molar-refractivity contribution in [1.82, 2.24) is 10.2 Å². The van der Waals surface area contributed by atoms with E-state index in [0.717, 1.165) is 17.7 Å². The van der Waals surface area contributed by atoms with Crippen LogP contribution in [0.25, 0.3) is 0 Å². The van der Waals surface area contributed by atoms with Gasteiger partial charge in [-0.05, 0) is 48.4 Å². The maximum Gasteiger partial charge on any atom is 0.319 e. The molecule has 1 fully saturated rings. The number of halogens is 1. The number of rotatable bonds is 4. The molecule has 0 aromatic heterocycles. The fourth-order valence-corrected chi connectivity index (χ4v) is 3.63. The SMILES string of the molecule is COc1ccc(C2CCN(C(C)=O)C[C@H]2NC(=O)Nc2ccc(Cl)cc2)cc1. The number of ether oxygens (including phenoxy) is 1. The largest absolute Gasteiger partial charge is 0.497 e. The van der Waals surface area contributed by atoms with Crippen LogP contribution in [0, 0.1) is 0 Å². The third-order valence-electron chi connectivity index (χ3n) is 5.02. The predicted molar refractivity (Wildman–Crippen MR) is 110 cm³/mol. The molecule has 1 heterocycles. The number of amides is 3. The summed E-state index contributed by atoms with van der Waals surface area (Å²) in [5.41, 5.74) is 1.77. The number of urea groups is 1. The number of nitrogens with zero attached hydrogens (tertiary/aromatic N) is 1. The Hall–Kier alpha value is -2.73. The average molecular weight is 402 g/mol. The maximum absolute atomic E-state index is 12.5. The minimum absolute atomic E-state index is 0.0121. The Balaban J connectivity index is 1.73. The number of piperidine rings is 1. The zero-order chi connectivity index (χ0) is 20.1. The summed E-state index contributed by atoms with van der Waals surface area (Å²) in [6, 6.07) is 14.3. The minimum atomic E-state index is -0.309. The number of benzene rings is 2. The summed E-state index contributed by atoms with van der Waals surface area (Å²) in [6.45, 7) is 2.70. The summed E-state index contributed by atoms with van der Waals surface area (Å²) in [7, 11) is 1.63. The Kier molecular flexibility index (Phi) is 6.41. The van der Waals surface area contributed by atoms with Gasteiger partial charge in [-0.25, -0.2) is 4.79 Å². The van der Waals surface area contributed by atoms with Gasteiger partial charge in [-0.1, -0.05) is 23.7 Å². The van der Waals surface area contributed by atoms with Gasteiger partial charge in [-0.3, -0.25) is 4.79 Å². The lowest BCUT2D eigenvalue weighted by atomic mass is 9.85. The molecular formula is C21H24ClN3O3. The van der Waals surface area contributed by atoms with Gasteiger partial charge in [0.25, 0.3) is 0 Å². The van der Waals surface area contributed by atoms with E-state index in [2.05, 4.69) is 10.6 Å². The number of carbonyl (C=O) groups is 2. The number of carbonyl (C=O) groups excluding carboxylic acids is 2. The van der Waals surface area contributed by atoms with Crippen molar-refractivity contribution in [2.45, 2.75) is 25.3 Å². The maximum atomic E-state index is 12.5. The van der Waals surface area contributed by atoms with Gasteiger partial charge in [0.15, 0.2) is 0 Å². The van der Waals surface area contributed by atoms with Crippen molar-refractivity contribution in [3.63, 3.8) is 0 Å². The van der Waals surface area contributed by atoms with Crippen LogP contribution in [0.5, 0.6) is 5.75 Å². The van der Waals surface area contributed by atoms with Crippen molar-refractivity contribution in [2.75, 3.05) is 25.5 Å². The zero-order valence-corrected chi connectivity index (χ0v) is 16.7. The lowest BCUT2D eigenvalue weighted by Crippen LogP contribution is -2.53. The fraction of sp³-hybridized carbons (Fsp3) is 0.333. The van der Waals surface area contributed by atoms with E-state index in [1.54, 1.807) is 43.2 Å². The zero-order valence-electron chi connectivity index (χ0n) is 15.9. The fourth-order valence-electron chi connectivity index (χ4n) is 3.50. The van der Waals surface area contributed by atoms with Crippen LogP contribution >= 0.6 is 11.6 Å². The Morgan fingerprint density at radius 3 is 2.39 bits per heavy atom. The van der Waals surface area contributed by atoms with Crippen LogP contribution in [-0.4, -0.2) is 43.1 Å². The normalized spacial score (nSPS) is 19.0. The molecule has 1 aliphatic heterocycles. The average Bonchev–Trinajstić information content (AvgIpc) is 2.69. The molecule has 2 N–H and O–H groups in total. The molecule has 2 aromatic rings. The molecule has 3 amide bonds. The van der Waals surface area contributed by atoms with Gasteiger partial charge < -0.3 is 20.3 Å². The summed E-state index contributed by atoms with van der Waals surface area (Å²) in [5.74, 6) is 0.908. The summed E-state index contributed by atoms with van der Waals surface area (Å²) < 4.78 is 5.23. The third kappa shape index (κ3) is 4.95. The lowest BCUT2D eigenvalue weighted by Gasteiger charge is -2.38. The number of hydrogen-bond acceptors (Lipinski definition) is 3. The van der Waals surface area contributed by atoms with E-state index in [9.17, 15) is 9.59 Å². The second kappa shape index (κ2) is 8.97. The first-order chi connectivity index (χ1) is 13.5. The number of methoxy groups -OCH3 is 1. The van der Waals surface area contributed by atoms with E-state index >= 15 is 0 Å². The smallest absolute Gasteiger partial charge is 0.319 e. The molecule has 6 nitrogen and oxygen atoms in total. The van der Waals surface area contributed by atoms with Gasteiger partial charge in [0.2, 0.25) is 5.91 Å². The predicted octanol–water partition coefficient (Wildman–Crippen LogP) is 3.87. The lowest BCUT2D eigenvalue weighted by molar-refractivity contribution is -0.130. The molecule has 1 unspecified atom stereocenters. The van der Waals surface area contributed by atoms with Crippen LogP contribution < -0.4 is 15.4 Å². The highest BCUT2D eigenvalue weighted by Crippen LogP contribution is 2.30. The standard InChI is InChI=1S/C21H24ClN3O3/c1-14(26)25-12-11-19(15-3-9-18(28-2)10-4-15)20(13-25)24-21(27)23-17-7-5-16(22)6-8-17/h3-10,19-20H,11-13H2,1-2H3,(H2,23,24,27)/t19?,20-/m1/s1. The van der Waals surface area contributed by atoms with Gasteiger partial charge in [-0.2, -0.15) is 0 Å². The van der Waals surface area contributed by atoms with Crippen LogP contribution in [0.3, 0.4) is 0 Å². The van der Waals surface area contributed by atoms with Gasteiger partial charge in [0.1, 0.15) is 5.75 Å². The van der Waals surface area contributed by atoms with Gasteiger partial charge in [-0.15, -0.1) is 0 Å². The van der Waals surface area contributed by atoms with Crippen LogP contribution in [0.4, 0.5) is 10.5 Å². The first-order valence-electron chi connectivity index (χ1n) is 9.19. The molecule has 0 aliphatic carbocycles. The first-order valence-corrected chi connectivity index (χ1v) is 9.56. The van der Waals surface area contributed by atoms with E-state index in [0.29, 0.717) is 23.8 Å². The van der Waals surface area contributed by atoms with E-state index in [1.807, 2.05) is 24.3 Å². The molecule has 7 heteroatoms. The first kappa shape index (κ1) is 20.0. The highest BCUT2D eigenvalue weighted by atomic mass is 35.5. The van der Waals surface area contributed by atoms with E-state index in [1.165, 1.54) is 0 Å². The van der Waals surface area contributed by atoms with Crippen molar-refractivity contribution in [1.29, 1.82) is 0 Å². The quantitative estimate of drug-likeness (QED) is 0.816. The molecule has 0 radical (unpaired) electrons. The second-order valence-electron chi connectivity index (χ2n) is 6.85. The molecule has 1 saturated heterocycles. The molecule has 0 bridgehead atoms. The second-order valence-corrected chi connectivity index (χ2v) is 7.28. The van der Waals surface area contributed by atoms with Gasteiger partial charge in [0, 0.05) is 36.6 Å². The van der Waals surface area contributed by atoms with Crippen molar-refractivity contribution in [3.8, 4) is 5.75 Å². The number of likely N-dealkylation sites (tertiary alicyclic amines) is 1. The Morgan fingerprint density at radius 2 is 1.79 bits per heavy atom. The Morgan fingerprint density at radius 1 is 1.11 bits per heavy atom. The molecule has 148 valence electrons. The number of nitrogens with one attached hydrogen (secondary N) is 2. The van der Waals surface area contributed by atoms with Gasteiger partial charge >= 0.3 is 6.03 Å². The summed E-state index contributed by atoms with van der Waals surface area (Å²) in [5, 5.41) is 6.46. The number of anilines is 1. The topological polar surface area (TPSA) is 70.7 Å². The van der Waals surface area contributed by atoms with Crippen molar-refractivity contribution in [3.05, 3.63) is 59.1 Å². The highest BCUT2D eigenvalue weighted by Gasteiger charge is 2.32. The molecule has 3 rings (SSSR count). The van der Waals surface area contributed by atoms with Crippen LogP contribution in [0.1, 0.15) is 24.8 Å². The minimum Gasteiger partial charge on any atom is -0.497 e. The summed E-state index contributed by atoms with van der Waals surface area (Å²) in [6.07, 6.45) is 0.776. The van der Waals surface area contributed by atoms with Crippen LogP contribution in [-0.2, 0) is 4.79 Å². The van der Waals surface area contributed by atoms with E-state index in [4.69, 9.17) is 16.3 Å². The molecule has 2 atom stereocenters. The molecule has 0 spiro atoms. The highest BCUT2D eigenvalue weighted by molar-refractivity contribution is 6.30. The molecule has 2 aromatic carbocycles. The Labute approximate surface area is 169 Å². The van der Waals surface area contributed by atoms with E-state index < -0.39 is 0 Å². The molecule has 0 saturated carbocycles. The van der Waals surface area contributed by atoms with Crippen molar-refractivity contribution < 1.29 is 14.3 Å². The molecule has 28 heavy (non-hydrogen) atoms. The monoisotopic (exact) mass is 401 g/mol. The summed E-state index contributed by atoms with van der Waals surface area (Å²) >= 11 is 5.88. The van der Waals surface area contributed by atoms with Gasteiger partial charge in [0.05, 0.1) is 13.2 Å². The third-order valence-corrected chi connectivity index (χ3v) is 5.27. The summed E-state index contributed by atoms with van der Waals surface area (Å²) in [4.78, 5) is 26.2. The molecular weight excluding hydrogens is 378 g/mol. The van der Waals surface area contributed by atoms with Crippen molar-refractivity contribution in [2.24, 2.45) is 0 Å². The number of hydrogen-bond donors (Lipinski definition) is 2. The van der Waals surface area contributed by atoms with E-state index in [-0.39, 0.29) is 23.9 Å². The van der Waals surface area contributed by atoms with Crippen molar-refractivity contribution >= 4 is 29.2 Å².